The van der Waals surface area contributed by atoms with E-state index in [4.69, 9.17) is 4.42 Å². The molecule has 0 aliphatic rings. The average molecular weight is 298 g/mol. The van der Waals surface area contributed by atoms with Gasteiger partial charge >= 0.3 is 0 Å². The molecule has 3 heterocycles. The van der Waals surface area contributed by atoms with Crippen LogP contribution in [0, 0.1) is 0 Å². The Morgan fingerprint density at radius 1 is 0.826 bits per heavy atom. The lowest BCUT2D eigenvalue weighted by Gasteiger charge is -2.02. The van der Waals surface area contributed by atoms with Crippen LogP contribution >= 0.6 is 0 Å². The Morgan fingerprint density at radius 2 is 1.65 bits per heavy atom. The molecule has 0 spiro atoms. The van der Waals surface area contributed by atoms with Gasteiger partial charge in [0.05, 0.1) is 16.7 Å². The summed E-state index contributed by atoms with van der Waals surface area (Å²) in [6, 6.07) is 20.5. The van der Waals surface area contributed by atoms with Gasteiger partial charge in [0.2, 0.25) is 0 Å². The number of rotatable bonds is 1. The Morgan fingerprint density at radius 3 is 2.52 bits per heavy atom. The molecule has 3 heteroatoms. The maximum absolute atomic E-state index is 6.31. The molecule has 110 valence electrons. The van der Waals surface area contributed by atoms with Crippen molar-refractivity contribution in [2.45, 2.75) is 0 Å². The highest BCUT2D eigenvalue weighted by Crippen LogP contribution is 2.39. The Kier molecular flexibility index (Phi) is 2.42. The first-order valence-corrected chi connectivity index (χ1v) is 7.64. The number of nitrogens with zero attached hydrogens (tertiary/aromatic N) is 2. The minimum atomic E-state index is 0.901. The average Bonchev–Trinajstić information content (AvgIpc) is 3.12. The van der Waals surface area contributed by atoms with Gasteiger partial charge in [0.1, 0.15) is 5.58 Å². The van der Waals surface area contributed by atoms with Crippen molar-refractivity contribution in [1.29, 1.82) is 0 Å². The molecular formula is C20H14N2O. The van der Waals surface area contributed by atoms with Crippen LogP contribution in [0.2, 0.25) is 0 Å². The van der Waals surface area contributed by atoms with E-state index in [1.807, 2.05) is 24.4 Å². The Bertz CT molecular complexity index is 1170. The fraction of sp³-hybridized carbons (Fsp3) is 0.0500. The molecule has 0 N–H and O–H groups in total. The van der Waals surface area contributed by atoms with Crippen LogP contribution in [0.15, 0.2) is 71.3 Å². The molecule has 0 atom stereocenters. The predicted molar refractivity (Wildman–Crippen MR) is 93.4 cm³/mol. The standard InChI is InChI=1S/C20H14N2O/c1-22-17-11-3-2-7-14(17)20-18(22)15-9-6-8-13(19(15)23-20)16-10-4-5-12-21-16/h2-12H,1H3. The second-order valence-electron chi connectivity index (χ2n) is 5.75. The largest absolute Gasteiger partial charge is 0.453 e. The monoisotopic (exact) mass is 298 g/mol. The Labute approximate surface area is 132 Å². The van der Waals surface area contributed by atoms with E-state index < -0.39 is 0 Å². The molecule has 0 radical (unpaired) electrons. The van der Waals surface area contributed by atoms with E-state index in [2.05, 4.69) is 59.1 Å². The highest BCUT2D eigenvalue weighted by Gasteiger charge is 2.18. The number of fused-ring (bicyclic) bond motifs is 5. The van der Waals surface area contributed by atoms with Gasteiger partial charge in [0.15, 0.2) is 5.58 Å². The van der Waals surface area contributed by atoms with Crippen molar-refractivity contribution in [3.05, 3.63) is 66.9 Å². The van der Waals surface area contributed by atoms with Gasteiger partial charge in [-0.15, -0.1) is 0 Å². The quantitative estimate of drug-likeness (QED) is 0.429. The molecule has 0 aliphatic carbocycles. The summed E-state index contributed by atoms with van der Waals surface area (Å²) in [7, 11) is 2.09. The fourth-order valence-corrected chi connectivity index (χ4v) is 3.42. The summed E-state index contributed by atoms with van der Waals surface area (Å²) < 4.78 is 8.52. The van der Waals surface area contributed by atoms with Gasteiger partial charge in [0, 0.05) is 29.6 Å². The summed E-state index contributed by atoms with van der Waals surface area (Å²) >= 11 is 0. The third kappa shape index (κ3) is 1.62. The van der Waals surface area contributed by atoms with E-state index in [0.717, 1.165) is 38.7 Å². The number of furan rings is 1. The van der Waals surface area contributed by atoms with Crippen LogP contribution in [0.25, 0.3) is 44.2 Å². The number of pyridine rings is 1. The van der Waals surface area contributed by atoms with E-state index in [1.165, 1.54) is 5.52 Å². The van der Waals surface area contributed by atoms with Crippen LogP contribution in [0.1, 0.15) is 0 Å². The third-order valence-corrected chi connectivity index (χ3v) is 4.48. The van der Waals surface area contributed by atoms with E-state index in [0.29, 0.717) is 0 Å². The zero-order valence-electron chi connectivity index (χ0n) is 12.7. The van der Waals surface area contributed by atoms with Crippen LogP contribution in [0.5, 0.6) is 0 Å². The summed E-state index contributed by atoms with van der Waals surface area (Å²) in [5.74, 6) is 0. The zero-order valence-corrected chi connectivity index (χ0v) is 12.7. The molecule has 0 amide bonds. The van der Waals surface area contributed by atoms with Gasteiger partial charge in [-0.3, -0.25) is 4.98 Å². The normalized spacial score (nSPS) is 11.7. The molecule has 5 rings (SSSR count). The molecule has 3 nitrogen and oxygen atoms in total. The molecule has 3 aromatic heterocycles. The number of hydrogen-bond acceptors (Lipinski definition) is 2. The van der Waals surface area contributed by atoms with E-state index in [1.54, 1.807) is 0 Å². The summed E-state index contributed by atoms with van der Waals surface area (Å²) in [6.07, 6.45) is 1.81. The number of aryl methyl sites for hydroxylation is 1. The minimum absolute atomic E-state index is 0.901. The molecular weight excluding hydrogens is 284 g/mol. The molecule has 5 aromatic rings. The minimum Gasteiger partial charge on any atom is -0.453 e. The van der Waals surface area contributed by atoms with Gasteiger partial charge in [0.25, 0.3) is 0 Å². The molecule has 0 bridgehead atoms. The van der Waals surface area contributed by atoms with Crippen molar-refractivity contribution in [2.75, 3.05) is 0 Å². The van der Waals surface area contributed by atoms with Crippen molar-refractivity contribution >= 4 is 33.0 Å². The second kappa shape index (κ2) is 4.46. The smallest absolute Gasteiger partial charge is 0.161 e. The zero-order chi connectivity index (χ0) is 15.4. The molecule has 0 fully saturated rings. The Hall–Kier alpha value is -3.07. The van der Waals surface area contributed by atoms with Crippen molar-refractivity contribution in [1.82, 2.24) is 9.55 Å². The maximum Gasteiger partial charge on any atom is 0.161 e. The van der Waals surface area contributed by atoms with Crippen LogP contribution in [-0.2, 0) is 7.05 Å². The van der Waals surface area contributed by atoms with Crippen molar-refractivity contribution < 1.29 is 4.42 Å². The molecule has 0 unspecified atom stereocenters. The van der Waals surface area contributed by atoms with Crippen LogP contribution in [0.4, 0.5) is 0 Å². The van der Waals surface area contributed by atoms with Gasteiger partial charge in [-0.1, -0.05) is 24.3 Å². The lowest BCUT2D eigenvalue weighted by Crippen LogP contribution is -1.87. The predicted octanol–water partition coefficient (Wildman–Crippen LogP) is 5.14. The fourth-order valence-electron chi connectivity index (χ4n) is 3.42. The van der Waals surface area contributed by atoms with E-state index >= 15 is 0 Å². The molecule has 0 saturated carbocycles. The highest BCUT2D eigenvalue weighted by molar-refractivity contribution is 6.17. The first-order valence-electron chi connectivity index (χ1n) is 7.64. The van der Waals surface area contributed by atoms with Crippen molar-refractivity contribution in [2.24, 2.45) is 7.05 Å². The molecule has 2 aromatic carbocycles. The number of aromatic nitrogens is 2. The summed E-state index contributed by atoms with van der Waals surface area (Å²) in [5.41, 5.74) is 6.13. The lowest BCUT2D eigenvalue weighted by molar-refractivity contribution is 0.673. The van der Waals surface area contributed by atoms with Crippen molar-refractivity contribution in [3.63, 3.8) is 0 Å². The Balaban J connectivity index is 1.96. The second-order valence-corrected chi connectivity index (χ2v) is 5.75. The number of hydrogen-bond donors (Lipinski definition) is 0. The van der Waals surface area contributed by atoms with Gasteiger partial charge in [-0.25, -0.2) is 0 Å². The van der Waals surface area contributed by atoms with Crippen LogP contribution in [-0.4, -0.2) is 9.55 Å². The lowest BCUT2D eigenvalue weighted by atomic mass is 10.1. The molecule has 0 aliphatic heterocycles. The van der Waals surface area contributed by atoms with Crippen LogP contribution in [0.3, 0.4) is 0 Å². The van der Waals surface area contributed by atoms with Crippen molar-refractivity contribution in [3.8, 4) is 11.3 Å². The molecule has 0 saturated heterocycles. The number of para-hydroxylation sites is 2. The van der Waals surface area contributed by atoms with Gasteiger partial charge < -0.3 is 8.98 Å². The topological polar surface area (TPSA) is 31.0 Å². The first kappa shape index (κ1) is 12.5. The third-order valence-electron chi connectivity index (χ3n) is 4.48. The van der Waals surface area contributed by atoms with Gasteiger partial charge in [-0.05, 0) is 36.4 Å². The number of benzene rings is 2. The molecule has 23 heavy (non-hydrogen) atoms. The first-order chi connectivity index (χ1) is 11.3. The maximum atomic E-state index is 6.31. The van der Waals surface area contributed by atoms with E-state index in [-0.39, 0.29) is 0 Å². The summed E-state index contributed by atoms with van der Waals surface area (Å²) in [6.45, 7) is 0. The summed E-state index contributed by atoms with van der Waals surface area (Å²) in [4.78, 5) is 4.47. The van der Waals surface area contributed by atoms with Gasteiger partial charge in [-0.2, -0.15) is 0 Å². The van der Waals surface area contributed by atoms with Crippen LogP contribution < -0.4 is 0 Å². The summed E-state index contributed by atoms with van der Waals surface area (Å²) in [5, 5.41) is 2.27. The SMILES string of the molecule is Cn1c2ccccc2c2oc3c(-c4ccccn4)cccc3c21. The van der Waals surface area contributed by atoms with E-state index in [9.17, 15) is 0 Å². The highest BCUT2D eigenvalue weighted by atomic mass is 16.3.